The smallest absolute Gasteiger partial charge is 0.337 e. The standard InChI is InChI=1S/C12H15NO4/c1-13-6-5-7-9(13)4-3-8(11(7)17-2)10(14)12(15)16/h3-4,10,14H,5-6H2,1-2H3,(H,15,16). The van der Waals surface area contributed by atoms with Crippen molar-refractivity contribution < 1.29 is 19.7 Å². The van der Waals surface area contributed by atoms with Gasteiger partial charge in [0.1, 0.15) is 5.75 Å². The lowest BCUT2D eigenvalue weighted by molar-refractivity contribution is -0.147. The summed E-state index contributed by atoms with van der Waals surface area (Å²) < 4.78 is 5.26. The molecule has 0 spiro atoms. The molecule has 5 nitrogen and oxygen atoms in total. The number of methoxy groups -OCH3 is 1. The van der Waals surface area contributed by atoms with Crippen LogP contribution in [0.4, 0.5) is 5.69 Å². The van der Waals surface area contributed by atoms with Gasteiger partial charge >= 0.3 is 5.97 Å². The lowest BCUT2D eigenvalue weighted by atomic mass is 10.0. The van der Waals surface area contributed by atoms with Crippen LogP contribution in [0.5, 0.6) is 5.75 Å². The fraction of sp³-hybridized carbons (Fsp3) is 0.417. The van der Waals surface area contributed by atoms with E-state index in [2.05, 4.69) is 4.90 Å². The Balaban J connectivity index is 2.53. The molecule has 1 aliphatic rings. The van der Waals surface area contributed by atoms with Crippen molar-refractivity contribution in [3.05, 3.63) is 23.3 Å². The average molecular weight is 237 g/mol. The molecule has 17 heavy (non-hydrogen) atoms. The average Bonchev–Trinajstić information content (AvgIpc) is 2.69. The largest absolute Gasteiger partial charge is 0.496 e. The lowest BCUT2D eigenvalue weighted by Gasteiger charge is -2.17. The zero-order chi connectivity index (χ0) is 12.6. The van der Waals surface area contributed by atoms with Crippen LogP contribution in [0.1, 0.15) is 17.2 Å². The van der Waals surface area contributed by atoms with Gasteiger partial charge in [-0.1, -0.05) is 6.07 Å². The van der Waals surface area contributed by atoms with E-state index in [-0.39, 0.29) is 0 Å². The van der Waals surface area contributed by atoms with Gasteiger partial charge in [-0.05, 0) is 12.5 Å². The number of hydrogen-bond donors (Lipinski definition) is 2. The van der Waals surface area contributed by atoms with Crippen LogP contribution < -0.4 is 9.64 Å². The highest BCUT2D eigenvalue weighted by Crippen LogP contribution is 2.39. The van der Waals surface area contributed by atoms with Crippen molar-refractivity contribution >= 4 is 11.7 Å². The number of aliphatic hydroxyl groups is 1. The number of aliphatic hydroxyl groups excluding tert-OH is 1. The van der Waals surface area contributed by atoms with Crippen LogP contribution >= 0.6 is 0 Å². The van der Waals surface area contributed by atoms with E-state index in [4.69, 9.17) is 9.84 Å². The number of rotatable bonds is 3. The summed E-state index contributed by atoms with van der Waals surface area (Å²) >= 11 is 0. The molecule has 2 N–H and O–H groups in total. The molecule has 5 heteroatoms. The molecule has 0 amide bonds. The second-order valence-electron chi connectivity index (χ2n) is 4.10. The van der Waals surface area contributed by atoms with Gasteiger partial charge in [-0.3, -0.25) is 0 Å². The number of hydrogen-bond acceptors (Lipinski definition) is 4. The van der Waals surface area contributed by atoms with Crippen molar-refractivity contribution in [1.82, 2.24) is 0 Å². The van der Waals surface area contributed by atoms with Gasteiger partial charge in [-0.15, -0.1) is 0 Å². The molecule has 1 aliphatic heterocycles. The number of carboxylic acids is 1. The number of aliphatic carboxylic acids is 1. The van der Waals surface area contributed by atoms with Gasteiger partial charge < -0.3 is 19.8 Å². The Kier molecular flexibility index (Phi) is 2.93. The third-order valence-electron chi connectivity index (χ3n) is 3.11. The molecule has 0 radical (unpaired) electrons. The van der Waals surface area contributed by atoms with Gasteiger partial charge in [-0.2, -0.15) is 0 Å². The molecule has 1 heterocycles. The Labute approximate surface area is 99.2 Å². The maximum absolute atomic E-state index is 10.8. The number of anilines is 1. The second-order valence-corrected chi connectivity index (χ2v) is 4.10. The molecule has 1 aromatic carbocycles. The number of nitrogens with zero attached hydrogens (tertiary/aromatic N) is 1. The van der Waals surface area contributed by atoms with E-state index in [0.717, 1.165) is 24.2 Å². The van der Waals surface area contributed by atoms with Gasteiger partial charge in [0.15, 0.2) is 6.10 Å². The SMILES string of the molecule is COc1c(C(O)C(=O)O)ccc2c1CCN2C. The van der Waals surface area contributed by atoms with Crippen molar-refractivity contribution in [2.45, 2.75) is 12.5 Å². The molecule has 0 aromatic heterocycles. The molecule has 0 bridgehead atoms. The Morgan fingerprint density at radius 3 is 2.82 bits per heavy atom. The van der Waals surface area contributed by atoms with Crippen molar-refractivity contribution in [1.29, 1.82) is 0 Å². The summed E-state index contributed by atoms with van der Waals surface area (Å²) in [5.74, 6) is -0.781. The number of likely N-dealkylation sites (N-methyl/N-ethyl adjacent to an activating group) is 1. The van der Waals surface area contributed by atoms with Crippen LogP contribution in [0, 0.1) is 0 Å². The molecule has 1 unspecified atom stereocenters. The molecule has 1 aromatic rings. The van der Waals surface area contributed by atoms with E-state index in [0.29, 0.717) is 11.3 Å². The summed E-state index contributed by atoms with van der Waals surface area (Å²) in [6.45, 7) is 0.873. The van der Waals surface area contributed by atoms with Gasteiger partial charge in [0, 0.05) is 30.4 Å². The summed E-state index contributed by atoms with van der Waals surface area (Å²) in [5, 5.41) is 18.5. The monoisotopic (exact) mass is 237 g/mol. The molecular weight excluding hydrogens is 222 g/mol. The fourth-order valence-corrected chi connectivity index (χ4v) is 2.22. The number of ether oxygens (including phenoxy) is 1. The van der Waals surface area contributed by atoms with Crippen LogP contribution in [-0.2, 0) is 11.2 Å². The maximum atomic E-state index is 10.8. The minimum absolute atomic E-state index is 0.314. The van der Waals surface area contributed by atoms with Crippen molar-refractivity contribution in [2.75, 3.05) is 25.6 Å². The van der Waals surface area contributed by atoms with Gasteiger partial charge in [-0.25, -0.2) is 4.79 Å². The molecule has 1 atom stereocenters. The van der Waals surface area contributed by atoms with Crippen LogP contribution in [0.15, 0.2) is 12.1 Å². The lowest BCUT2D eigenvalue weighted by Crippen LogP contribution is -2.13. The first kappa shape index (κ1) is 11.7. The minimum atomic E-state index is -1.54. The third-order valence-corrected chi connectivity index (χ3v) is 3.11. The van der Waals surface area contributed by atoms with Gasteiger partial charge in [0.2, 0.25) is 0 Å². The number of carbonyl (C=O) groups is 1. The molecule has 0 saturated carbocycles. The summed E-state index contributed by atoms with van der Waals surface area (Å²) in [5.41, 5.74) is 2.31. The van der Waals surface area contributed by atoms with E-state index in [9.17, 15) is 9.90 Å². The Morgan fingerprint density at radius 1 is 1.53 bits per heavy atom. The Hall–Kier alpha value is -1.75. The molecule has 2 rings (SSSR count). The fourth-order valence-electron chi connectivity index (χ4n) is 2.22. The van der Waals surface area contributed by atoms with Crippen molar-refractivity contribution in [2.24, 2.45) is 0 Å². The first-order chi connectivity index (χ1) is 8.06. The quantitative estimate of drug-likeness (QED) is 0.814. The highest BCUT2D eigenvalue weighted by atomic mass is 16.5. The van der Waals surface area contributed by atoms with Crippen LogP contribution in [0.3, 0.4) is 0 Å². The minimum Gasteiger partial charge on any atom is -0.496 e. The van der Waals surface area contributed by atoms with Gasteiger partial charge in [0.25, 0.3) is 0 Å². The number of carboxylic acid groups (broad SMARTS) is 1. The number of fused-ring (bicyclic) bond motifs is 1. The van der Waals surface area contributed by atoms with Crippen LogP contribution in [0.2, 0.25) is 0 Å². The predicted molar refractivity (Wildman–Crippen MR) is 62.6 cm³/mol. The number of benzene rings is 1. The summed E-state index contributed by atoms with van der Waals surface area (Å²) in [6, 6.07) is 3.44. The molecule has 0 aliphatic carbocycles. The first-order valence-electron chi connectivity index (χ1n) is 5.38. The first-order valence-corrected chi connectivity index (χ1v) is 5.38. The second kappa shape index (κ2) is 4.25. The van der Waals surface area contributed by atoms with E-state index >= 15 is 0 Å². The van der Waals surface area contributed by atoms with Crippen LogP contribution in [0.25, 0.3) is 0 Å². The van der Waals surface area contributed by atoms with Crippen molar-refractivity contribution in [3.8, 4) is 5.75 Å². The summed E-state index contributed by atoms with van der Waals surface area (Å²) in [7, 11) is 3.46. The highest BCUT2D eigenvalue weighted by Gasteiger charge is 2.27. The Morgan fingerprint density at radius 2 is 2.24 bits per heavy atom. The van der Waals surface area contributed by atoms with Gasteiger partial charge in [0.05, 0.1) is 7.11 Å². The van der Waals surface area contributed by atoms with Crippen LogP contribution in [-0.4, -0.2) is 36.9 Å². The molecular formula is C12H15NO4. The molecule has 0 fully saturated rings. The molecule has 0 saturated heterocycles. The van der Waals surface area contributed by atoms with E-state index in [1.807, 2.05) is 13.1 Å². The molecule has 92 valence electrons. The summed E-state index contributed by atoms with van der Waals surface area (Å²) in [6.07, 6.45) is -0.740. The zero-order valence-electron chi connectivity index (χ0n) is 9.80. The van der Waals surface area contributed by atoms with E-state index in [1.54, 1.807) is 6.07 Å². The van der Waals surface area contributed by atoms with Crippen molar-refractivity contribution in [3.63, 3.8) is 0 Å². The topological polar surface area (TPSA) is 70.0 Å². The summed E-state index contributed by atoms with van der Waals surface area (Å²) in [4.78, 5) is 12.9. The highest BCUT2D eigenvalue weighted by molar-refractivity contribution is 5.77. The van der Waals surface area contributed by atoms with E-state index in [1.165, 1.54) is 7.11 Å². The maximum Gasteiger partial charge on any atom is 0.337 e. The third kappa shape index (κ3) is 1.82. The predicted octanol–water partition coefficient (Wildman–Crippen LogP) is 0.806. The zero-order valence-corrected chi connectivity index (χ0v) is 9.80. The van der Waals surface area contributed by atoms with E-state index < -0.39 is 12.1 Å². The Bertz CT molecular complexity index is 458. The normalized spacial score (nSPS) is 15.6.